The Kier molecular flexibility index (Phi) is 13.9. The Labute approximate surface area is 297 Å². The van der Waals surface area contributed by atoms with Crippen LogP contribution in [-0.2, 0) is 46.3 Å². The van der Waals surface area contributed by atoms with E-state index in [1.165, 1.54) is 95.8 Å². The molecule has 1 amide bonds. The number of carbonyl (C=O) groups excluding carboxylic acids is 7. The van der Waals surface area contributed by atoms with Crippen molar-refractivity contribution in [2.75, 3.05) is 33.8 Å². The highest BCUT2D eigenvalue weighted by molar-refractivity contribution is 6.65. The van der Waals surface area contributed by atoms with Crippen LogP contribution in [0.25, 0.3) is 0 Å². The minimum atomic E-state index is -0.884. The van der Waals surface area contributed by atoms with E-state index in [2.05, 4.69) is 25.3 Å². The molecular weight excluding hydrogens is 680 g/mol. The third kappa shape index (κ3) is 10.1. The van der Waals surface area contributed by atoms with Gasteiger partial charge in [0, 0.05) is 19.0 Å². The van der Waals surface area contributed by atoms with E-state index in [-0.39, 0.29) is 57.9 Å². The van der Waals surface area contributed by atoms with Gasteiger partial charge < -0.3 is 29.4 Å². The number of aliphatic hydroxyl groups excluding tert-OH is 1. The topological polar surface area (TPSA) is 226 Å². The summed E-state index contributed by atoms with van der Waals surface area (Å²) >= 11 is 0. The molecule has 0 saturated heterocycles. The molecule has 0 radical (unpaired) electrons. The molecule has 0 aliphatic carbocycles. The second-order valence-corrected chi connectivity index (χ2v) is 10.7. The molecule has 52 heavy (non-hydrogen) atoms. The summed E-state index contributed by atoms with van der Waals surface area (Å²) in [7, 11) is 4.68. The molecule has 3 rings (SSSR count). The number of rotatable bonds is 14. The number of hydrogen-bond donors (Lipinski definition) is 2. The van der Waals surface area contributed by atoms with Crippen molar-refractivity contribution in [1.82, 2.24) is 0 Å². The first kappa shape index (κ1) is 39.6. The van der Waals surface area contributed by atoms with Crippen LogP contribution in [0.2, 0.25) is 0 Å². The van der Waals surface area contributed by atoms with E-state index in [9.17, 15) is 38.7 Å². The fraction of sp³-hybridized carbons (Fsp3) is 0.222. The number of ether oxygens (including phenoxy) is 4. The summed E-state index contributed by atoms with van der Waals surface area (Å²) in [5.41, 5.74) is 0.0651. The van der Waals surface area contributed by atoms with Crippen LogP contribution in [0.4, 0.5) is 11.4 Å². The number of nitrogens with one attached hydrogen (secondary N) is 1. The lowest BCUT2D eigenvalue weighted by Crippen LogP contribution is -2.24. The zero-order valence-electron chi connectivity index (χ0n) is 29.0. The molecule has 0 heterocycles. The number of amides is 1. The monoisotopic (exact) mass is 714 g/mol. The molecule has 0 fully saturated rings. The summed E-state index contributed by atoms with van der Waals surface area (Å²) in [6.45, 7) is 2.06. The second kappa shape index (κ2) is 18.2. The standard InChI is InChI=1S/C36H34N4O12/c1-19(41)30(37-18-24-16-22(33(45)49-3)9-13-26(24)35(47)51-5)29(43)15-21-7-11-25(12-8-21)38-32(44)31(20(2)42)40-39-28-17-23(34(46)50-4)10-14-27(28)36(48)52-6/h7-14,16-17,42H,15,18H2,1-6H3,(H,38,44). The number of methoxy groups -OCH3 is 4. The molecule has 0 spiro atoms. The summed E-state index contributed by atoms with van der Waals surface area (Å²) in [5.74, 6) is -5.53. The third-order valence-electron chi connectivity index (χ3n) is 7.15. The van der Waals surface area contributed by atoms with Crippen LogP contribution in [-0.4, -0.2) is 80.6 Å². The Morgan fingerprint density at radius 1 is 0.692 bits per heavy atom. The number of anilines is 1. The predicted molar refractivity (Wildman–Crippen MR) is 184 cm³/mol. The van der Waals surface area contributed by atoms with Crippen molar-refractivity contribution >= 4 is 58.4 Å². The number of ketones is 2. The largest absolute Gasteiger partial charge is 0.510 e. The van der Waals surface area contributed by atoms with Crippen molar-refractivity contribution in [3.63, 3.8) is 0 Å². The summed E-state index contributed by atoms with van der Waals surface area (Å²) in [6, 6.07) is 13.8. The van der Waals surface area contributed by atoms with E-state index in [1.807, 2.05) is 0 Å². The Hall–Kier alpha value is -6.84. The number of carbonyl (C=O) groups is 7. The van der Waals surface area contributed by atoms with Gasteiger partial charge in [0.1, 0.15) is 17.2 Å². The van der Waals surface area contributed by atoms with E-state index in [4.69, 9.17) is 14.2 Å². The van der Waals surface area contributed by atoms with Gasteiger partial charge in [-0.2, -0.15) is 0 Å². The highest BCUT2D eigenvalue weighted by atomic mass is 16.5. The first-order valence-corrected chi connectivity index (χ1v) is 15.1. The number of benzene rings is 3. The number of aliphatic imine (C=N–C) groups is 1. The van der Waals surface area contributed by atoms with Gasteiger partial charge in [-0.3, -0.25) is 19.4 Å². The molecule has 2 N–H and O–H groups in total. The summed E-state index contributed by atoms with van der Waals surface area (Å²) in [6.07, 6.45) is -0.249. The summed E-state index contributed by atoms with van der Waals surface area (Å²) < 4.78 is 18.9. The zero-order valence-corrected chi connectivity index (χ0v) is 29.0. The number of hydrogen-bond acceptors (Lipinski definition) is 15. The maximum absolute atomic E-state index is 13.2. The number of esters is 4. The Morgan fingerprint density at radius 3 is 1.77 bits per heavy atom. The molecule has 0 saturated carbocycles. The second-order valence-electron chi connectivity index (χ2n) is 10.7. The predicted octanol–water partition coefficient (Wildman–Crippen LogP) is 4.69. The Balaban J connectivity index is 1.79. The highest BCUT2D eigenvalue weighted by Crippen LogP contribution is 2.25. The van der Waals surface area contributed by atoms with Gasteiger partial charge in [0.15, 0.2) is 17.3 Å². The van der Waals surface area contributed by atoms with Crippen LogP contribution < -0.4 is 5.32 Å². The van der Waals surface area contributed by atoms with Crippen LogP contribution in [0.15, 0.2) is 87.3 Å². The number of Topliss-reactive ketones (excluding diaryl/α,β-unsaturated/α-hetero) is 2. The van der Waals surface area contributed by atoms with Crippen molar-refractivity contribution in [2.24, 2.45) is 15.2 Å². The molecule has 0 unspecified atom stereocenters. The van der Waals surface area contributed by atoms with Crippen molar-refractivity contribution in [3.8, 4) is 0 Å². The van der Waals surface area contributed by atoms with Gasteiger partial charge in [-0.1, -0.05) is 12.1 Å². The maximum atomic E-state index is 13.2. The third-order valence-corrected chi connectivity index (χ3v) is 7.15. The fourth-order valence-electron chi connectivity index (χ4n) is 4.53. The van der Waals surface area contributed by atoms with Gasteiger partial charge in [-0.05, 0) is 66.6 Å². The van der Waals surface area contributed by atoms with Crippen molar-refractivity contribution < 1.29 is 57.6 Å². The van der Waals surface area contributed by atoms with Gasteiger partial charge in [0.2, 0.25) is 0 Å². The highest BCUT2D eigenvalue weighted by Gasteiger charge is 2.21. The molecule has 16 nitrogen and oxygen atoms in total. The first-order valence-electron chi connectivity index (χ1n) is 15.1. The van der Waals surface area contributed by atoms with Gasteiger partial charge in [-0.25, -0.2) is 19.2 Å². The van der Waals surface area contributed by atoms with Gasteiger partial charge in [0.25, 0.3) is 5.91 Å². The van der Waals surface area contributed by atoms with Crippen LogP contribution in [0.3, 0.4) is 0 Å². The van der Waals surface area contributed by atoms with Gasteiger partial charge in [0.05, 0.1) is 57.2 Å². The molecular formula is C36H34N4O12. The number of aliphatic hydroxyl groups is 1. The van der Waals surface area contributed by atoms with E-state index in [0.717, 1.165) is 7.11 Å². The lowest BCUT2D eigenvalue weighted by atomic mass is 10.0. The lowest BCUT2D eigenvalue weighted by Gasteiger charge is -2.10. The molecule has 0 bridgehead atoms. The molecule has 0 aliphatic heterocycles. The van der Waals surface area contributed by atoms with Gasteiger partial charge in [-0.15, -0.1) is 10.2 Å². The van der Waals surface area contributed by atoms with Crippen molar-refractivity contribution in [2.45, 2.75) is 26.8 Å². The molecule has 0 aromatic heterocycles. The maximum Gasteiger partial charge on any atom is 0.340 e. The smallest absolute Gasteiger partial charge is 0.340 e. The van der Waals surface area contributed by atoms with Crippen LogP contribution >= 0.6 is 0 Å². The van der Waals surface area contributed by atoms with Gasteiger partial charge >= 0.3 is 23.9 Å². The number of nitrogens with zero attached hydrogens (tertiary/aromatic N) is 3. The van der Waals surface area contributed by atoms with E-state index in [0.29, 0.717) is 5.56 Å². The van der Waals surface area contributed by atoms with E-state index >= 15 is 0 Å². The average Bonchev–Trinajstić information content (AvgIpc) is 3.13. The van der Waals surface area contributed by atoms with E-state index < -0.39 is 52.8 Å². The molecule has 270 valence electrons. The average molecular weight is 715 g/mol. The van der Waals surface area contributed by atoms with Crippen molar-refractivity contribution in [1.29, 1.82) is 0 Å². The summed E-state index contributed by atoms with van der Waals surface area (Å²) in [5, 5.41) is 20.4. The molecule has 3 aromatic rings. The normalized spacial score (nSPS) is 11.6. The number of azo groups is 1. The Bertz CT molecular complexity index is 2010. The lowest BCUT2D eigenvalue weighted by molar-refractivity contribution is -0.116. The fourth-order valence-corrected chi connectivity index (χ4v) is 4.53. The van der Waals surface area contributed by atoms with Crippen LogP contribution in [0, 0.1) is 0 Å². The first-order chi connectivity index (χ1) is 24.7. The number of allylic oxidation sites excluding steroid dienone is 1. The minimum Gasteiger partial charge on any atom is -0.510 e. The quantitative estimate of drug-likeness (QED) is 0.0441. The molecule has 3 aromatic carbocycles. The van der Waals surface area contributed by atoms with E-state index in [1.54, 1.807) is 0 Å². The van der Waals surface area contributed by atoms with Crippen LogP contribution in [0.5, 0.6) is 0 Å². The molecule has 0 aliphatic rings. The zero-order chi connectivity index (χ0) is 38.5. The molecule has 16 heteroatoms. The SMILES string of the molecule is COC(=O)c1ccc(C(=O)OC)c(CN=C(C(C)=O)C(=O)Cc2ccc(NC(=O)C(N=Nc3cc(C(=O)OC)ccc3C(=O)OC)=C(C)O)cc2)c1. The summed E-state index contributed by atoms with van der Waals surface area (Å²) in [4.78, 5) is 91.3. The molecule has 0 atom stereocenters. The van der Waals surface area contributed by atoms with Crippen LogP contribution in [0.1, 0.15) is 66.4 Å². The van der Waals surface area contributed by atoms with Crippen molar-refractivity contribution in [3.05, 3.63) is 106 Å². The Morgan fingerprint density at radius 2 is 1.23 bits per heavy atom. The minimum absolute atomic E-state index is 0.0400.